The van der Waals surface area contributed by atoms with Gasteiger partial charge >= 0.3 is 0 Å². The molecule has 0 aromatic heterocycles. The summed E-state index contributed by atoms with van der Waals surface area (Å²) in [4.78, 5) is 0. The number of fused-ring (bicyclic) bond motifs is 1. The van der Waals surface area contributed by atoms with Gasteiger partial charge in [-0.15, -0.1) is 0 Å². The molecule has 4 fully saturated rings. The smallest absolute Gasteiger partial charge is 0.0321 e. The maximum absolute atomic E-state index is 2.62. The number of hydrogen-bond acceptors (Lipinski definition) is 0. The summed E-state index contributed by atoms with van der Waals surface area (Å²) < 4.78 is 0. The zero-order valence-electron chi connectivity index (χ0n) is 20.8. The van der Waals surface area contributed by atoms with Gasteiger partial charge in [0, 0.05) is 0 Å². The van der Waals surface area contributed by atoms with Crippen molar-refractivity contribution in [1.29, 1.82) is 0 Å². The molecule has 0 aliphatic heterocycles. The Hall–Kier alpha value is 0. The largest absolute Gasteiger partial charge is 0.0654 e. The van der Waals surface area contributed by atoms with E-state index in [2.05, 4.69) is 34.6 Å². The monoisotopic (exact) mass is 402 g/mol. The molecule has 9 atom stereocenters. The van der Waals surface area contributed by atoms with Crippen LogP contribution in [0.4, 0.5) is 0 Å². The first-order valence-corrected chi connectivity index (χ1v) is 14.0. The van der Waals surface area contributed by atoms with Crippen LogP contribution in [0.2, 0.25) is 0 Å². The molecule has 0 amide bonds. The van der Waals surface area contributed by atoms with E-state index in [4.69, 9.17) is 0 Å². The molecule has 0 nitrogen and oxygen atoms in total. The highest BCUT2D eigenvalue weighted by molar-refractivity contribution is 4.98. The summed E-state index contributed by atoms with van der Waals surface area (Å²) >= 11 is 0. The fraction of sp³-hybridized carbons (Fsp3) is 1.00. The second kappa shape index (κ2) is 11.6. The fourth-order valence-corrected chi connectivity index (χ4v) is 8.51. The van der Waals surface area contributed by atoms with Gasteiger partial charge in [0.15, 0.2) is 0 Å². The molecule has 4 aliphatic rings. The predicted molar refractivity (Wildman–Crippen MR) is 129 cm³/mol. The van der Waals surface area contributed by atoms with Crippen LogP contribution < -0.4 is 0 Å². The van der Waals surface area contributed by atoms with Crippen LogP contribution in [0.1, 0.15) is 131 Å². The van der Waals surface area contributed by atoms with E-state index in [0.29, 0.717) is 0 Å². The van der Waals surface area contributed by atoms with Gasteiger partial charge in [0.05, 0.1) is 0 Å². The molecule has 4 saturated carbocycles. The summed E-state index contributed by atoms with van der Waals surface area (Å²) in [7, 11) is 0. The summed E-state index contributed by atoms with van der Waals surface area (Å²) in [5.74, 6) is 9.61. The second-order valence-electron chi connectivity index (χ2n) is 12.1. The van der Waals surface area contributed by atoms with Gasteiger partial charge in [-0.1, -0.05) is 98.8 Å². The first kappa shape index (κ1) is 23.7. The molecule has 29 heavy (non-hydrogen) atoms. The van der Waals surface area contributed by atoms with Crippen LogP contribution in [-0.2, 0) is 0 Å². The Kier molecular flexibility index (Phi) is 9.44. The minimum absolute atomic E-state index is 1.01. The van der Waals surface area contributed by atoms with Crippen LogP contribution >= 0.6 is 0 Å². The Morgan fingerprint density at radius 1 is 0.690 bits per heavy atom. The lowest BCUT2D eigenvalue weighted by atomic mass is 9.54. The van der Waals surface area contributed by atoms with Gasteiger partial charge in [0.1, 0.15) is 0 Å². The highest BCUT2D eigenvalue weighted by Crippen LogP contribution is 2.57. The zero-order valence-corrected chi connectivity index (χ0v) is 20.8. The SMILES string of the molecule is CC1CCC(C)C1.CCCCC1C(C)CC2CCCC2C1C1CCCCC1CC. The number of rotatable bonds is 5. The molecule has 0 spiro atoms. The Morgan fingerprint density at radius 2 is 1.38 bits per heavy atom. The third-order valence-corrected chi connectivity index (χ3v) is 9.95. The first-order valence-electron chi connectivity index (χ1n) is 14.0. The molecule has 9 unspecified atom stereocenters. The van der Waals surface area contributed by atoms with Crippen LogP contribution in [0.25, 0.3) is 0 Å². The van der Waals surface area contributed by atoms with E-state index >= 15 is 0 Å². The molecule has 0 aromatic rings. The summed E-state index contributed by atoms with van der Waals surface area (Å²) in [6.07, 6.45) is 22.7. The van der Waals surface area contributed by atoms with Crippen LogP contribution in [0.5, 0.6) is 0 Å². The van der Waals surface area contributed by atoms with E-state index in [9.17, 15) is 0 Å². The van der Waals surface area contributed by atoms with E-state index in [1.54, 1.807) is 44.9 Å². The quantitative estimate of drug-likeness (QED) is 0.429. The molecule has 0 aromatic carbocycles. The van der Waals surface area contributed by atoms with Gasteiger partial charge in [-0.25, -0.2) is 0 Å². The molecule has 0 heterocycles. The summed E-state index contributed by atoms with van der Waals surface area (Å²) in [5.41, 5.74) is 0. The Labute approximate surface area is 184 Å². The minimum atomic E-state index is 1.01. The number of hydrogen-bond donors (Lipinski definition) is 0. The summed E-state index contributed by atoms with van der Waals surface area (Å²) in [6, 6.07) is 0. The minimum Gasteiger partial charge on any atom is -0.0654 e. The number of unbranched alkanes of at least 4 members (excludes halogenated alkanes) is 1. The fourth-order valence-electron chi connectivity index (χ4n) is 8.51. The van der Waals surface area contributed by atoms with E-state index in [-0.39, 0.29) is 0 Å². The summed E-state index contributed by atoms with van der Waals surface area (Å²) in [6.45, 7) is 12.2. The average molecular weight is 403 g/mol. The van der Waals surface area contributed by atoms with Gasteiger partial charge in [-0.3, -0.25) is 0 Å². The maximum Gasteiger partial charge on any atom is -0.0321 e. The highest BCUT2D eigenvalue weighted by Gasteiger charge is 2.48. The van der Waals surface area contributed by atoms with Crippen molar-refractivity contribution in [2.24, 2.45) is 53.3 Å². The van der Waals surface area contributed by atoms with Gasteiger partial charge in [0.2, 0.25) is 0 Å². The van der Waals surface area contributed by atoms with Crippen molar-refractivity contribution in [3.63, 3.8) is 0 Å². The van der Waals surface area contributed by atoms with Crippen molar-refractivity contribution >= 4 is 0 Å². The molecule has 0 saturated heterocycles. The van der Waals surface area contributed by atoms with Gasteiger partial charge < -0.3 is 0 Å². The van der Waals surface area contributed by atoms with E-state index < -0.39 is 0 Å². The third kappa shape index (κ3) is 6.04. The van der Waals surface area contributed by atoms with Crippen molar-refractivity contribution in [3.05, 3.63) is 0 Å². The van der Waals surface area contributed by atoms with E-state index in [1.807, 2.05) is 0 Å². The van der Waals surface area contributed by atoms with Crippen molar-refractivity contribution < 1.29 is 0 Å². The third-order valence-electron chi connectivity index (χ3n) is 9.95. The van der Waals surface area contributed by atoms with Crippen molar-refractivity contribution in [2.75, 3.05) is 0 Å². The molecule has 0 radical (unpaired) electrons. The molecular formula is C29H54. The normalized spacial score (nSPS) is 44.8. The standard InChI is InChI=1S/C22H40.C7H14/c1-4-6-12-19-16(3)15-18-11-9-14-21(18)22(19)20-13-8-7-10-17(20)5-2;1-6-3-4-7(2)5-6/h16-22H,4-15H2,1-3H3;6-7H,3-5H2,1-2H3. The Morgan fingerprint density at radius 3 is 2.00 bits per heavy atom. The molecule has 0 N–H and O–H groups in total. The topological polar surface area (TPSA) is 0 Å². The Balaban J connectivity index is 0.000000290. The lowest BCUT2D eigenvalue weighted by molar-refractivity contribution is -0.0197. The Bertz CT molecular complexity index is 445. The maximum atomic E-state index is 2.62. The molecule has 170 valence electrons. The highest BCUT2D eigenvalue weighted by atomic mass is 14.5. The van der Waals surface area contributed by atoms with E-state index in [0.717, 1.165) is 53.3 Å². The summed E-state index contributed by atoms with van der Waals surface area (Å²) in [5, 5.41) is 0. The first-order chi connectivity index (χ1) is 14.0. The molecule has 0 bridgehead atoms. The van der Waals surface area contributed by atoms with Gasteiger partial charge in [-0.05, 0) is 85.4 Å². The van der Waals surface area contributed by atoms with Crippen molar-refractivity contribution in [1.82, 2.24) is 0 Å². The second-order valence-corrected chi connectivity index (χ2v) is 12.1. The molecule has 4 rings (SSSR count). The molecular weight excluding hydrogens is 348 g/mol. The van der Waals surface area contributed by atoms with Crippen molar-refractivity contribution in [2.45, 2.75) is 131 Å². The van der Waals surface area contributed by atoms with Crippen molar-refractivity contribution in [3.8, 4) is 0 Å². The van der Waals surface area contributed by atoms with Crippen LogP contribution in [0.15, 0.2) is 0 Å². The predicted octanol–water partition coefficient (Wildman–Crippen LogP) is 9.52. The molecule has 0 heteroatoms. The van der Waals surface area contributed by atoms with Gasteiger partial charge in [-0.2, -0.15) is 0 Å². The van der Waals surface area contributed by atoms with E-state index in [1.165, 1.54) is 51.4 Å². The van der Waals surface area contributed by atoms with Gasteiger partial charge in [0.25, 0.3) is 0 Å². The molecule has 4 aliphatic carbocycles. The zero-order chi connectivity index (χ0) is 20.8. The average Bonchev–Trinajstić information content (AvgIpc) is 3.34. The lowest BCUT2D eigenvalue weighted by Crippen LogP contribution is -2.44. The lowest BCUT2D eigenvalue weighted by Gasteiger charge is -2.51. The van der Waals surface area contributed by atoms with Crippen LogP contribution in [0, 0.1) is 53.3 Å². The van der Waals surface area contributed by atoms with Crippen LogP contribution in [-0.4, -0.2) is 0 Å². The van der Waals surface area contributed by atoms with Crippen LogP contribution in [0.3, 0.4) is 0 Å².